The molecule has 6 heavy (non-hydrogen) atoms. The predicted octanol–water partition coefficient (Wildman–Crippen LogP) is 0.488. The fourth-order valence-corrected chi connectivity index (χ4v) is 0. The molecule has 0 aromatic heterocycles. The first-order chi connectivity index (χ1) is 2.73. The minimum Gasteiger partial charge on any atom is -0.450 e. The largest absolute Gasteiger partial charge is 0.503 e. The summed E-state index contributed by atoms with van der Waals surface area (Å²) in [7, 11) is 0. The Labute approximate surface area is 34.5 Å². The third-order valence-corrected chi connectivity index (χ3v) is 0. The van der Waals surface area contributed by atoms with Gasteiger partial charge in [-0.15, -0.1) is 0 Å². The van der Waals surface area contributed by atoms with Gasteiger partial charge in [-0.05, 0) is 6.72 Å². The third kappa shape index (κ3) is 9.85. The van der Waals surface area contributed by atoms with Crippen LogP contribution in [0.25, 0.3) is 0 Å². The van der Waals surface area contributed by atoms with Gasteiger partial charge >= 0.3 is 6.16 Å². The fourth-order valence-electron chi connectivity index (χ4n) is 0. The summed E-state index contributed by atoms with van der Waals surface area (Å²) in [6.07, 6.45) is -1.83. The van der Waals surface area contributed by atoms with Gasteiger partial charge in [0, 0.05) is 0 Å². The lowest BCUT2D eigenvalue weighted by atomic mass is 11.5. The normalized spacial score (nSPS) is 4.67. The van der Waals surface area contributed by atoms with Crippen molar-refractivity contribution in [2.75, 3.05) is 0 Å². The second kappa shape index (κ2) is 9.05. The molecule has 3 N–H and O–H groups in total. The Balaban J connectivity index is 0. The minimum absolute atomic E-state index is 1.83. The molecular weight excluding hydrogens is 86.0 g/mol. The summed E-state index contributed by atoms with van der Waals surface area (Å²) in [6.45, 7) is 2.50. The quantitative estimate of drug-likeness (QED) is 0.379. The maximum atomic E-state index is 8.56. The van der Waals surface area contributed by atoms with Gasteiger partial charge in [0.2, 0.25) is 0 Å². The van der Waals surface area contributed by atoms with E-state index in [4.69, 9.17) is 20.4 Å². The van der Waals surface area contributed by atoms with E-state index in [2.05, 4.69) is 6.72 Å². The van der Waals surface area contributed by atoms with Crippen LogP contribution >= 0.6 is 0 Å². The molecule has 4 heteroatoms. The summed E-state index contributed by atoms with van der Waals surface area (Å²) in [4.78, 5) is 8.56. The fraction of sp³-hybridized carbons (Fsp3) is 0. The molecule has 0 aliphatic heterocycles. The van der Waals surface area contributed by atoms with Crippen LogP contribution in [0.15, 0.2) is 0 Å². The van der Waals surface area contributed by atoms with E-state index in [9.17, 15) is 0 Å². The number of carboxylic acid groups (broad SMARTS) is 2. The topological polar surface area (TPSA) is 81.4 Å². The number of rotatable bonds is 0. The van der Waals surface area contributed by atoms with Crippen LogP contribution in [-0.4, -0.2) is 23.1 Å². The van der Waals surface area contributed by atoms with Crippen molar-refractivity contribution < 1.29 is 15.0 Å². The maximum absolute atomic E-state index is 8.56. The van der Waals surface area contributed by atoms with E-state index < -0.39 is 6.16 Å². The molecule has 36 valence electrons. The van der Waals surface area contributed by atoms with Gasteiger partial charge in [-0.1, -0.05) is 0 Å². The summed E-state index contributed by atoms with van der Waals surface area (Å²) in [6, 6.07) is 0. The van der Waals surface area contributed by atoms with E-state index >= 15 is 0 Å². The first kappa shape index (κ1) is 8.87. The first-order valence-electron chi connectivity index (χ1n) is 1.00. The second-order valence-corrected chi connectivity index (χ2v) is 0.283. The van der Waals surface area contributed by atoms with Gasteiger partial charge in [0.15, 0.2) is 0 Å². The molecule has 0 radical (unpaired) electrons. The average Bonchev–Trinajstić information content (AvgIpc) is 1.41. The molecule has 0 aromatic rings. The smallest absolute Gasteiger partial charge is 0.450 e. The molecule has 0 aliphatic rings. The highest BCUT2D eigenvalue weighted by atomic mass is 16.6. The van der Waals surface area contributed by atoms with E-state index in [1.54, 1.807) is 0 Å². The van der Waals surface area contributed by atoms with E-state index in [1.165, 1.54) is 0 Å². The van der Waals surface area contributed by atoms with Crippen LogP contribution in [0.5, 0.6) is 0 Å². The summed E-state index contributed by atoms with van der Waals surface area (Å²) in [5.74, 6) is 0. The molecule has 0 saturated carbocycles. The summed E-state index contributed by atoms with van der Waals surface area (Å²) in [5, 5.41) is 19.4. The van der Waals surface area contributed by atoms with Gasteiger partial charge in [-0.25, -0.2) is 4.79 Å². The number of nitrogens with one attached hydrogen (secondary N) is 1. The highest BCUT2D eigenvalue weighted by Gasteiger charge is 1.70. The maximum Gasteiger partial charge on any atom is 0.503 e. The Morgan fingerprint density at radius 2 is 1.50 bits per heavy atom. The third-order valence-electron chi connectivity index (χ3n) is 0. The van der Waals surface area contributed by atoms with Crippen LogP contribution in [0.2, 0.25) is 0 Å². The Kier molecular flexibility index (Phi) is 13.4. The number of hydrogen-bond donors (Lipinski definition) is 3. The van der Waals surface area contributed by atoms with E-state index in [-0.39, 0.29) is 0 Å². The van der Waals surface area contributed by atoms with Gasteiger partial charge in [-0.3, -0.25) is 0 Å². The molecule has 0 bridgehead atoms. The zero-order valence-corrected chi connectivity index (χ0v) is 3.01. The van der Waals surface area contributed by atoms with Gasteiger partial charge in [0.1, 0.15) is 0 Å². The van der Waals surface area contributed by atoms with E-state index in [0.717, 1.165) is 0 Å². The molecule has 0 heterocycles. The second-order valence-electron chi connectivity index (χ2n) is 0.283. The highest BCUT2D eigenvalue weighted by Crippen LogP contribution is 1.42. The standard InChI is InChI=1S/CH3N.CH2O3/c1-2;2-1(3)4/h2H,1H2;(H2,2,3,4). The van der Waals surface area contributed by atoms with Crippen LogP contribution in [0.3, 0.4) is 0 Å². The van der Waals surface area contributed by atoms with Gasteiger partial charge in [0.05, 0.1) is 0 Å². The zero-order valence-electron chi connectivity index (χ0n) is 3.01. The van der Waals surface area contributed by atoms with E-state index in [1.807, 2.05) is 0 Å². The van der Waals surface area contributed by atoms with Gasteiger partial charge in [-0.2, -0.15) is 0 Å². The summed E-state index contributed by atoms with van der Waals surface area (Å²) >= 11 is 0. The lowest BCUT2D eigenvalue weighted by Crippen LogP contribution is -1.81. The Bertz CT molecular complexity index is 40.1. The SMILES string of the molecule is C=N.O=C(O)O. The first-order valence-corrected chi connectivity index (χ1v) is 1.00. The molecule has 0 saturated heterocycles. The molecule has 0 aromatic carbocycles. The molecule has 0 fully saturated rings. The molecule has 0 atom stereocenters. The number of hydrogen-bond acceptors (Lipinski definition) is 2. The lowest BCUT2D eigenvalue weighted by molar-refractivity contribution is 0.137. The molecule has 4 nitrogen and oxygen atoms in total. The van der Waals surface area contributed by atoms with Crippen molar-refractivity contribution in [2.24, 2.45) is 0 Å². The van der Waals surface area contributed by atoms with Gasteiger partial charge < -0.3 is 15.6 Å². The molecule has 0 aliphatic carbocycles. The van der Waals surface area contributed by atoms with Gasteiger partial charge in [0.25, 0.3) is 0 Å². The van der Waals surface area contributed by atoms with Crippen molar-refractivity contribution in [3.63, 3.8) is 0 Å². The zero-order chi connectivity index (χ0) is 5.58. The van der Waals surface area contributed by atoms with Crippen LogP contribution < -0.4 is 0 Å². The monoisotopic (exact) mass is 91.0 g/mol. The van der Waals surface area contributed by atoms with Crippen molar-refractivity contribution >= 4 is 12.9 Å². The van der Waals surface area contributed by atoms with Crippen molar-refractivity contribution in [2.45, 2.75) is 0 Å². The predicted molar refractivity (Wildman–Crippen MR) is 20.5 cm³/mol. The minimum atomic E-state index is -1.83. The Morgan fingerprint density at radius 3 is 1.50 bits per heavy atom. The van der Waals surface area contributed by atoms with Crippen LogP contribution in [0.4, 0.5) is 4.79 Å². The molecule has 0 unspecified atom stereocenters. The van der Waals surface area contributed by atoms with E-state index in [0.29, 0.717) is 0 Å². The van der Waals surface area contributed by atoms with Crippen LogP contribution in [0.1, 0.15) is 0 Å². The van der Waals surface area contributed by atoms with Crippen molar-refractivity contribution in [3.05, 3.63) is 0 Å². The van der Waals surface area contributed by atoms with Crippen molar-refractivity contribution in [1.82, 2.24) is 0 Å². The summed E-state index contributed by atoms with van der Waals surface area (Å²) < 4.78 is 0. The Hall–Kier alpha value is -1.06. The molecule has 0 rings (SSSR count). The average molecular weight is 91.1 g/mol. The molecular formula is C2H5NO3. The molecule has 0 amide bonds. The lowest BCUT2D eigenvalue weighted by Gasteiger charge is -1.60. The van der Waals surface area contributed by atoms with Crippen LogP contribution in [-0.2, 0) is 0 Å². The van der Waals surface area contributed by atoms with Crippen molar-refractivity contribution in [3.8, 4) is 0 Å². The Morgan fingerprint density at radius 1 is 1.50 bits per heavy atom. The van der Waals surface area contributed by atoms with Crippen LogP contribution in [0, 0.1) is 5.41 Å². The molecule has 0 spiro atoms. The number of carbonyl (C=O) groups is 1. The highest BCUT2D eigenvalue weighted by molar-refractivity contribution is 5.53. The summed E-state index contributed by atoms with van der Waals surface area (Å²) in [5.41, 5.74) is 0. The van der Waals surface area contributed by atoms with Crippen molar-refractivity contribution in [1.29, 1.82) is 5.41 Å².